The molecule has 0 spiro atoms. The fraction of sp³-hybridized carbons (Fsp3) is 0.208. The Labute approximate surface area is 168 Å². The highest BCUT2D eigenvalue weighted by molar-refractivity contribution is 6.30. The third-order valence-electron chi connectivity index (χ3n) is 5.21. The topological polar surface area (TPSA) is 26.3 Å². The van der Waals surface area contributed by atoms with Crippen LogP contribution in [-0.4, -0.2) is 5.78 Å². The van der Waals surface area contributed by atoms with Crippen molar-refractivity contribution >= 4 is 17.4 Å². The van der Waals surface area contributed by atoms with E-state index in [-0.39, 0.29) is 23.4 Å². The maximum Gasteiger partial charge on any atom is 0.165 e. The summed E-state index contributed by atoms with van der Waals surface area (Å²) in [6, 6.07) is 21.4. The molecule has 0 heterocycles. The van der Waals surface area contributed by atoms with Crippen molar-refractivity contribution in [2.24, 2.45) is 0 Å². The summed E-state index contributed by atoms with van der Waals surface area (Å²) in [5.41, 5.74) is 1.85. The van der Waals surface area contributed by atoms with E-state index in [9.17, 15) is 9.18 Å². The van der Waals surface area contributed by atoms with Crippen LogP contribution in [0.15, 0.2) is 72.8 Å². The van der Waals surface area contributed by atoms with Gasteiger partial charge >= 0.3 is 0 Å². The lowest BCUT2D eigenvalue weighted by Crippen LogP contribution is -2.15. The lowest BCUT2D eigenvalue weighted by atomic mass is 9.89. The summed E-state index contributed by atoms with van der Waals surface area (Å²) in [6.07, 6.45) is 2.76. The molecule has 0 N–H and O–H groups in total. The summed E-state index contributed by atoms with van der Waals surface area (Å²) < 4.78 is 19.7. The first-order chi connectivity index (χ1) is 13.5. The summed E-state index contributed by atoms with van der Waals surface area (Å²) in [5, 5.41) is 0.697. The molecule has 1 saturated carbocycles. The van der Waals surface area contributed by atoms with Crippen LogP contribution in [0.1, 0.15) is 30.4 Å². The van der Waals surface area contributed by atoms with Gasteiger partial charge in [0.25, 0.3) is 0 Å². The Morgan fingerprint density at radius 3 is 2.39 bits per heavy atom. The molecule has 142 valence electrons. The fourth-order valence-electron chi connectivity index (χ4n) is 3.54. The Morgan fingerprint density at radius 2 is 1.71 bits per heavy atom. The van der Waals surface area contributed by atoms with Crippen LogP contribution in [0.4, 0.5) is 4.39 Å². The number of rotatable bonds is 7. The van der Waals surface area contributed by atoms with Crippen LogP contribution >= 0.6 is 11.6 Å². The molecule has 1 aliphatic carbocycles. The highest BCUT2D eigenvalue weighted by Gasteiger charge is 2.45. The normalized spacial score (nSPS) is 14.5. The zero-order valence-corrected chi connectivity index (χ0v) is 16.1. The Bertz CT molecular complexity index is 979. The van der Waals surface area contributed by atoms with Crippen molar-refractivity contribution in [1.82, 2.24) is 0 Å². The standard InChI is InChI=1S/C24H20ClFO2/c25-19-9-7-18(8-10-19)24(12-13-24)16-20(27)14-17-6-11-22(26)23(15-17)28-21-4-2-1-3-5-21/h1-11,15H,12-14,16H2. The van der Waals surface area contributed by atoms with Gasteiger partial charge in [-0.05, 0) is 60.4 Å². The zero-order chi connectivity index (χ0) is 19.6. The number of ketones is 1. The SMILES string of the molecule is O=C(Cc1ccc(F)c(Oc2ccccc2)c1)CC1(c2ccc(Cl)cc2)CC1. The maximum atomic E-state index is 14.1. The van der Waals surface area contributed by atoms with Crippen LogP contribution in [0, 0.1) is 5.82 Å². The third kappa shape index (κ3) is 4.26. The van der Waals surface area contributed by atoms with Gasteiger partial charge in [0.05, 0.1) is 0 Å². The quantitative estimate of drug-likeness (QED) is 0.457. The highest BCUT2D eigenvalue weighted by Crippen LogP contribution is 2.51. The average Bonchev–Trinajstić information content (AvgIpc) is 3.46. The van der Waals surface area contributed by atoms with Gasteiger partial charge in [-0.25, -0.2) is 4.39 Å². The van der Waals surface area contributed by atoms with Crippen molar-refractivity contribution in [1.29, 1.82) is 0 Å². The fourth-order valence-corrected chi connectivity index (χ4v) is 3.67. The Kier molecular flexibility index (Phi) is 5.19. The molecule has 0 atom stereocenters. The highest BCUT2D eigenvalue weighted by atomic mass is 35.5. The molecule has 0 amide bonds. The molecule has 0 unspecified atom stereocenters. The lowest BCUT2D eigenvalue weighted by Gasteiger charge is -2.15. The van der Waals surface area contributed by atoms with Gasteiger partial charge in [-0.15, -0.1) is 0 Å². The summed E-state index contributed by atoms with van der Waals surface area (Å²) in [5.74, 6) is 0.393. The molecular formula is C24H20ClFO2. The molecule has 2 nitrogen and oxygen atoms in total. The average molecular weight is 395 g/mol. The van der Waals surface area contributed by atoms with Crippen LogP contribution in [0.5, 0.6) is 11.5 Å². The molecule has 0 aromatic heterocycles. The largest absolute Gasteiger partial charge is 0.454 e. The maximum absolute atomic E-state index is 14.1. The van der Waals surface area contributed by atoms with Crippen molar-refractivity contribution in [2.75, 3.05) is 0 Å². The minimum Gasteiger partial charge on any atom is -0.454 e. The monoisotopic (exact) mass is 394 g/mol. The van der Waals surface area contributed by atoms with E-state index < -0.39 is 5.82 Å². The predicted molar refractivity (Wildman–Crippen MR) is 109 cm³/mol. The Balaban J connectivity index is 1.45. The van der Waals surface area contributed by atoms with Crippen LogP contribution in [-0.2, 0) is 16.6 Å². The number of carbonyl (C=O) groups is 1. The molecule has 28 heavy (non-hydrogen) atoms. The molecule has 3 aromatic rings. The van der Waals surface area contributed by atoms with Crippen LogP contribution in [0.3, 0.4) is 0 Å². The van der Waals surface area contributed by atoms with Crippen molar-refractivity contribution < 1.29 is 13.9 Å². The summed E-state index contributed by atoms with van der Waals surface area (Å²) in [4.78, 5) is 12.7. The van der Waals surface area contributed by atoms with E-state index in [1.54, 1.807) is 24.3 Å². The second-order valence-corrected chi connectivity index (χ2v) is 7.80. The Morgan fingerprint density at radius 1 is 1.00 bits per heavy atom. The number of para-hydroxylation sites is 1. The zero-order valence-electron chi connectivity index (χ0n) is 15.3. The number of benzene rings is 3. The summed E-state index contributed by atoms with van der Waals surface area (Å²) in [7, 11) is 0. The van der Waals surface area contributed by atoms with E-state index >= 15 is 0 Å². The second-order valence-electron chi connectivity index (χ2n) is 7.36. The van der Waals surface area contributed by atoms with Gasteiger partial charge in [-0.3, -0.25) is 4.79 Å². The number of Topliss-reactive ketones (excluding diaryl/α,β-unsaturated/α-hetero) is 1. The van der Waals surface area contributed by atoms with Crippen molar-refractivity contribution in [3.8, 4) is 11.5 Å². The van der Waals surface area contributed by atoms with Crippen molar-refractivity contribution in [2.45, 2.75) is 31.1 Å². The molecule has 0 bridgehead atoms. The molecule has 3 aromatic carbocycles. The summed E-state index contributed by atoms with van der Waals surface area (Å²) >= 11 is 5.97. The minimum absolute atomic E-state index is 0.0644. The molecule has 4 heteroatoms. The number of halogens is 2. The van der Waals surface area contributed by atoms with E-state index in [2.05, 4.69) is 0 Å². The number of ether oxygens (including phenoxy) is 1. The van der Waals surface area contributed by atoms with Crippen LogP contribution in [0.2, 0.25) is 5.02 Å². The molecule has 1 aliphatic rings. The van der Waals surface area contributed by atoms with E-state index in [0.717, 1.165) is 24.0 Å². The summed E-state index contributed by atoms with van der Waals surface area (Å²) in [6.45, 7) is 0. The molecule has 4 rings (SSSR count). The number of hydrogen-bond donors (Lipinski definition) is 0. The number of carbonyl (C=O) groups excluding carboxylic acids is 1. The van der Waals surface area contributed by atoms with E-state index in [4.69, 9.17) is 16.3 Å². The first kappa shape index (κ1) is 18.7. The first-order valence-corrected chi connectivity index (χ1v) is 9.71. The van der Waals surface area contributed by atoms with Gasteiger partial charge in [0.1, 0.15) is 11.5 Å². The van der Waals surface area contributed by atoms with Crippen LogP contribution < -0.4 is 4.74 Å². The van der Waals surface area contributed by atoms with E-state index in [0.29, 0.717) is 17.2 Å². The van der Waals surface area contributed by atoms with Gasteiger partial charge < -0.3 is 4.74 Å². The molecular weight excluding hydrogens is 375 g/mol. The van der Waals surface area contributed by atoms with Crippen molar-refractivity contribution in [3.05, 3.63) is 94.8 Å². The van der Waals surface area contributed by atoms with Gasteiger partial charge in [-0.2, -0.15) is 0 Å². The third-order valence-corrected chi connectivity index (χ3v) is 5.47. The predicted octanol–water partition coefficient (Wildman–Crippen LogP) is 6.50. The lowest BCUT2D eigenvalue weighted by molar-refractivity contribution is -0.119. The smallest absolute Gasteiger partial charge is 0.165 e. The molecule has 0 aliphatic heterocycles. The number of hydrogen-bond acceptors (Lipinski definition) is 2. The first-order valence-electron chi connectivity index (χ1n) is 9.33. The molecule has 0 saturated heterocycles. The minimum atomic E-state index is -0.445. The van der Waals surface area contributed by atoms with Gasteiger partial charge in [-0.1, -0.05) is 48.0 Å². The molecule has 1 fully saturated rings. The van der Waals surface area contributed by atoms with Gasteiger partial charge in [0.2, 0.25) is 0 Å². The molecule has 0 radical (unpaired) electrons. The Hall–Kier alpha value is -2.65. The van der Waals surface area contributed by atoms with E-state index in [1.165, 1.54) is 6.07 Å². The van der Waals surface area contributed by atoms with E-state index in [1.807, 2.05) is 42.5 Å². The second kappa shape index (κ2) is 7.76. The van der Waals surface area contributed by atoms with Gasteiger partial charge in [0, 0.05) is 23.3 Å². The van der Waals surface area contributed by atoms with Crippen molar-refractivity contribution in [3.63, 3.8) is 0 Å². The van der Waals surface area contributed by atoms with Crippen LogP contribution in [0.25, 0.3) is 0 Å². The van der Waals surface area contributed by atoms with Gasteiger partial charge in [0.15, 0.2) is 11.6 Å².